The molecule has 1 aliphatic heterocycles. The Balaban J connectivity index is 1.65. The normalized spacial score (nSPS) is 12.9. The number of nitrogens with zero attached hydrogens (tertiary/aromatic N) is 2. The van der Waals surface area contributed by atoms with Crippen molar-refractivity contribution in [2.45, 2.75) is 20.0 Å². The molecule has 0 bridgehead atoms. The van der Waals surface area contributed by atoms with Gasteiger partial charge in [0.2, 0.25) is 6.79 Å². The molecule has 1 aromatic carbocycles. The Hall–Kier alpha value is -2.21. The van der Waals surface area contributed by atoms with Gasteiger partial charge < -0.3 is 19.9 Å². The minimum absolute atomic E-state index is 0.209. The number of ether oxygens (including phenoxy) is 2. The quantitative estimate of drug-likeness (QED) is 0.884. The van der Waals surface area contributed by atoms with Crippen molar-refractivity contribution >= 4 is 0 Å². The van der Waals surface area contributed by atoms with Crippen LogP contribution in [0.4, 0.5) is 0 Å². The maximum atomic E-state index is 9.94. The van der Waals surface area contributed by atoms with E-state index in [0.717, 1.165) is 16.8 Å². The number of phenolic OH excluding ortho intramolecular Hbond substituents is 1. The van der Waals surface area contributed by atoms with Gasteiger partial charge in [-0.2, -0.15) is 5.10 Å². The highest BCUT2D eigenvalue weighted by atomic mass is 16.7. The van der Waals surface area contributed by atoms with Crippen molar-refractivity contribution in [3.63, 3.8) is 0 Å². The topological polar surface area (TPSA) is 68.5 Å². The van der Waals surface area contributed by atoms with Gasteiger partial charge in [0, 0.05) is 43.5 Å². The molecule has 106 valence electrons. The average Bonchev–Trinajstić information content (AvgIpc) is 2.96. The summed E-state index contributed by atoms with van der Waals surface area (Å²) in [6.45, 7) is 3.44. The average molecular weight is 275 g/mol. The van der Waals surface area contributed by atoms with E-state index in [1.165, 1.54) is 0 Å². The molecule has 3 rings (SSSR count). The van der Waals surface area contributed by atoms with Crippen LogP contribution < -0.4 is 14.8 Å². The van der Waals surface area contributed by atoms with Gasteiger partial charge in [-0.1, -0.05) is 0 Å². The summed E-state index contributed by atoms with van der Waals surface area (Å²) in [5.41, 5.74) is 2.94. The Bertz CT molecular complexity index is 637. The fourth-order valence-corrected chi connectivity index (χ4v) is 2.27. The molecule has 2 N–H and O–H groups in total. The van der Waals surface area contributed by atoms with Gasteiger partial charge in [0.25, 0.3) is 0 Å². The third-order valence-electron chi connectivity index (χ3n) is 3.32. The van der Waals surface area contributed by atoms with Gasteiger partial charge in [-0.05, 0) is 13.0 Å². The molecule has 6 heteroatoms. The van der Waals surface area contributed by atoms with Gasteiger partial charge >= 0.3 is 0 Å². The monoisotopic (exact) mass is 275 g/mol. The number of aryl methyl sites for hydroxylation is 2. The number of fused-ring (bicyclic) bond motifs is 1. The Morgan fingerprint density at radius 1 is 1.25 bits per heavy atom. The highest BCUT2D eigenvalue weighted by Gasteiger charge is 2.16. The first-order chi connectivity index (χ1) is 9.63. The first-order valence-corrected chi connectivity index (χ1v) is 6.45. The molecule has 0 spiro atoms. The number of benzene rings is 1. The van der Waals surface area contributed by atoms with Gasteiger partial charge in [0.1, 0.15) is 5.75 Å². The third kappa shape index (κ3) is 2.42. The fourth-order valence-electron chi connectivity index (χ4n) is 2.27. The van der Waals surface area contributed by atoms with Crippen molar-refractivity contribution in [2.75, 3.05) is 6.79 Å². The number of rotatable bonds is 4. The summed E-state index contributed by atoms with van der Waals surface area (Å²) in [5.74, 6) is 1.48. The van der Waals surface area contributed by atoms with Crippen LogP contribution in [-0.2, 0) is 20.1 Å². The molecule has 0 radical (unpaired) electrons. The summed E-state index contributed by atoms with van der Waals surface area (Å²) in [7, 11) is 1.90. The SMILES string of the molecule is Cc1nn(C)cc1CNCc1cc2c(cc1O)OCO2. The lowest BCUT2D eigenvalue weighted by Crippen LogP contribution is -2.13. The zero-order valence-electron chi connectivity index (χ0n) is 11.5. The van der Waals surface area contributed by atoms with E-state index in [4.69, 9.17) is 9.47 Å². The second-order valence-corrected chi connectivity index (χ2v) is 4.85. The van der Waals surface area contributed by atoms with Crippen LogP contribution in [0, 0.1) is 6.92 Å². The molecule has 0 aliphatic carbocycles. The molecule has 2 heterocycles. The highest BCUT2D eigenvalue weighted by molar-refractivity contribution is 5.51. The van der Waals surface area contributed by atoms with E-state index in [1.54, 1.807) is 16.8 Å². The minimum Gasteiger partial charge on any atom is -0.507 e. The van der Waals surface area contributed by atoms with Gasteiger partial charge in [-0.15, -0.1) is 0 Å². The molecule has 0 amide bonds. The van der Waals surface area contributed by atoms with E-state index in [2.05, 4.69) is 10.4 Å². The number of hydrogen-bond donors (Lipinski definition) is 2. The number of aromatic nitrogens is 2. The van der Waals surface area contributed by atoms with Crippen molar-refractivity contribution in [3.05, 3.63) is 35.2 Å². The molecule has 6 nitrogen and oxygen atoms in total. The van der Waals surface area contributed by atoms with Crippen LogP contribution in [-0.4, -0.2) is 21.7 Å². The minimum atomic E-state index is 0.209. The van der Waals surface area contributed by atoms with Crippen molar-refractivity contribution in [1.82, 2.24) is 15.1 Å². The summed E-state index contributed by atoms with van der Waals surface area (Å²) < 4.78 is 12.3. The summed E-state index contributed by atoms with van der Waals surface area (Å²) >= 11 is 0. The van der Waals surface area contributed by atoms with Crippen molar-refractivity contribution < 1.29 is 14.6 Å². The Morgan fingerprint density at radius 3 is 2.65 bits per heavy atom. The van der Waals surface area contributed by atoms with Gasteiger partial charge in [0.15, 0.2) is 11.5 Å². The van der Waals surface area contributed by atoms with Crippen molar-refractivity contribution in [1.29, 1.82) is 0 Å². The molecule has 1 aromatic heterocycles. The highest BCUT2D eigenvalue weighted by Crippen LogP contribution is 2.37. The molecule has 1 aliphatic rings. The summed E-state index contributed by atoms with van der Waals surface area (Å²) in [6.07, 6.45) is 1.99. The summed E-state index contributed by atoms with van der Waals surface area (Å²) in [6, 6.07) is 3.40. The van der Waals surface area contributed by atoms with Crippen LogP contribution in [0.25, 0.3) is 0 Å². The maximum absolute atomic E-state index is 9.94. The first-order valence-electron chi connectivity index (χ1n) is 6.45. The second kappa shape index (κ2) is 5.05. The molecule has 0 saturated carbocycles. The van der Waals surface area contributed by atoms with Crippen LogP contribution in [0.15, 0.2) is 18.3 Å². The molecule has 0 atom stereocenters. The summed E-state index contributed by atoms with van der Waals surface area (Å²) in [5, 5.41) is 17.5. The standard InChI is InChI=1S/C14H17N3O3/c1-9-11(7-17(2)16-9)6-15-5-10-3-13-14(4-12(10)18)20-8-19-13/h3-4,7,15,18H,5-6,8H2,1-2H3. The van der Waals surface area contributed by atoms with Crippen molar-refractivity contribution in [3.8, 4) is 17.2 Å². The van der Waals surface area contributed by atoms with E-state index < -0.39 is 0 Å². The smallest absolute Gasteiger partial charge is 0.231 e. The number of nitrogens with one attached hydrogen (secondary N) is 1. The van der Waals surface area contributed by atoms with E-state index in [-0.39, 0.29) is 12.5 Å². The number of phenols is 1. The second-order valence-electron chi connectivity index (χ2n) is 4.85. The number of aromatic hydroxyl groups is 1. The predicted molar refractivity (Wildman–Crippen MR) is 72.7 cm³/mol. The molecule has 0 unspecified atom stereocenters. The van der Waals surface area contributed by atoms with Crippen LogP contribution in [0.2, 0.25) is 0 Å². The van der Waals surface area contributed by atoms with Crippen LogP contribution in [0.5, 0.6) is 17.2 Å². The van der Waals surface area contributed by atoms with E-state index in [1.807, 2.05) is 20.2 Å². The molecular weight excluding hydrogens is 258 g/mol. The molecular formula is C14H17N3O3. The Kier molecular flexibility index (Phi) is 3.23. The lowest BCUT2D eigenvalue weighted by Gasteiger charge is -2.07. The van der Waals surface area contributed by atoms with Gasteiger partial charge in [-0.25, -0.2) is 0 Å². The fraction of sp³-hybridized carbons (Fsp3) is 0.357. The molecule has 0 saturated heterocycles. The summed E-state index contributed by atoms with van der Waals surface area (Å²) in [4.78, 5) is 0. The Morgan fingerprint density at radius 2 is 1.95 bits per heavy atom. The van der Waals surface area contributed by atoms with Gasteiger partial charge in [-0.3, -0.25) is 4.68 Å². The van der Waals surface area contributed by atoms with Crippen LogP contribution >= 0.6 is 0 Å². The van der Waals surface area contributed by atoms with Crippen LogP contribution in [0.3, 0.4) is 0 Å². The maximum Gasteiger partial charge on any atom is 0.231 e. The Labute approximate surface area is 116 Å². The largest absolute Gasteiger partial charge is 0.507 e. The predicted octanol–water partition coefficient (Wildman–Crippen LogP) is 1.45. The van der Waals surface area contributed by atoms with Gasteiger partial charge in [0.05, 0.1) is 5.69 Å². The lowest BCUT2D eigenvalue weighted by atomic mass is 10.1. The zero-order chi connectivity index (χ0) is 14.1. The molecule has 20 heavy (non-hydrogen) atoms. The zero-order valence-corrected chi connectivity index (χ0v) is 11.5. The lowest BCUT2D eigenvalue weighted by molar-refractivity contribution is 0.174. The van der Waals surface area contributed by atoms with Crippen LogP contribution in [0.1, 0.15) is 16.8 Å². The molecule has 0 fully saturated rings. The number of hydrogen-bond acceptors (Lipinski definition) is 5. The third-order valence-corrected chi connectivity index (χ3v) is 3.32. The first kappa shape index (κ1) is 12.8. The van der Waals surface area contributed by atoms with Crippen molar-refractivity contribution in [2.24, 2.45) is 7.05 Å². The van der Waals surface area contributed by atoms with E-state index in [0.29, 0.717) is 24.6 Å². The molecule has 2 aromatic rings. The van der Waals surface area contributed by atoms with E-state index in [9.17, 15) is 5.11 Å². The van der Waals surface area contributed by atoms with E-state index >= 15 is 0 Å².